The molecule has 0 radical (unpaired) electrons. The number of rotatable bonds is 5. The molecule has 1 aromatic carbocycles. The fourth-order valence-electron chi connectivity index (χ4n) is 2.50. The molecule has 2 atom stereocenters. The summed E-state index contributed by atoms with van der Waals surface area (Å²) in [6.07, 6.45) is 3.78. The van der Waals surface area contributed by atoms with Gasteiger partial charge in [-0.1, -0.05) is 37.1 Å². The van der Waals surface area contributed by atoms with E-state index < -0.39 is 0 Å². The average molecular weight is 288 g/mol. The number of halogens is 2. The highest BCUT2D eigenvalue weighted by Gasteiger charge is 2.26. The number of hydrogen-bond donors (Lipinski definition) is 1. The lowest BCUT2D eigenvalue weighted by Gasteiger charge is -2.20. The molecule has 0 aliphatic heterocycles. The summed E-state index contributed by atoms with van der Waals surface area (Å²) in [6.45, 7) is 2.85. The molecule has 1 aromatic rings. The van der Waals surface area contributed by atoms with E-state index in [0.29, 0.717) is 17.8 Å². The fourth-order valence-corrected chi connectivity index (χ4v) is 3.92. The highest BCUT2D eigenvalue weighted by atomic mass is 35.5. The number of hydrogen-bond acceptors (Lipinski definition) is 2. The largest absolute Gasteiger partial charge is 0.309 e. The second-order valence-electron chi connectivity index (χ2n) is 4.63. The first-order valence-corrected chi connectivity index (χ1v) is 7.93. The van der Waals surface area contributed by atoms with Gasteiger partial charge in [0.05, 0.1) is 5.02 Å². The lowest BCUT2D eigenvalue weighted by Crippen LogP contribution is -2.33. The maximum Gasteiger partial charge on any atom is 0.142 e. The van der Waals surface area contributed by atoms with Crippen molar-refractivity contribution in [2.24, 2.45) is 0 Å². The van der Waals surface area contributed by atoms with E-state index >= 15 is 0 Å². The minimum absolute atomic E-state index is 0.252. The van der Waals surface area contributed by atoms with Crippen LogP contribution in [0, 0.1) is 5.82 Å². The van der Waals surface area contributed by atoms with Crippen molar-refractivity contribution in [3.63, 3.8) is 0 Å². The lowest BCUT2D eigenvalue weighted by atomic mass is 10.2. The summed E-state index contributed by atoms with van der Waals surface area (Å²) in [5.74, 6) is 0.825. The SMILES string of the molecule is CCSC1CCCC1NCc1cccc(F)c1Cl. The standard InChI is InChI=1S/C14H19ClFNS/c1-2-18-13-8-4-7-12(13)17-9-10-5-3-6-11(16)14(10)15/h3,5-6,12-13,17H,2,4,7-9H2,1H3. The molecule has 0 bridgehead atoms. The van der Waals surface area contributed by atoms with Crippen LogP contribution < -0.4 is 5.32 Å². The minimum Gasteiger partial charge on any atom is -0.309 e. The minimum atomic E-state index is -0.332. The van der Waals surface area contributed by atoms with E-state index in [1.807, 2.05) is 17.8 Å². The topological polar surface area (TPSA) is 12.0 Å². The van der Waals surface area contributed by atoms with Gasteiger partial charge in [-0.3, -0.25) is 0 Å². The van der Waals surface area contributed by atoms with Crippen molar-refractivity contribution in [1.82, 2.24) is 5.32 Å². The van der Waals surface area contributed by atoms with Gasteiger partial charge in [-0.15, -0.1) is 0 Å². The first-order valence-electron chi connectivity index (χ1n) is 6.50. The molecule has 1 aliphatic rings. The average Bonchev–Trinajstić information content (AvgIpc) is 2.79. The monoisotopic (exact) mass is 287 g/mol. The van der Waals surface area contributed by atoms with E-state index in [2.05, 4.69) is 12.2 Å². The Hall–Kier alpha value is -0.250. The second kappa shape index (κ2) is 6.78. The van der Waals surface area contributed by atoms with E-state index in [1.54, 1.807) is 6.07 Å². The predicted molar refractivity (Wildman–Crippen MR) is 77.8 cm³/mol. The van der Waals surface area contributed by atoms with Crippen LogP contribution in [-0.2, 0) is 6.54 Å². The summed E-state index contributed by atoms with van der Waals surface area (Å²) in [5, 5.41) is 4.48. The van der Waals surface area contributed by atoms with Gasteiger partial charge >= 0.3 is 0 Å². The van der Waals surface area contributed by atoms with Crippen molar-refractivity contribution in [2.45, 2.75) is 44.0 Å². The Bertz CT molecular complexity index is 399. The molecule has 100 valence electrons. The van der Waals surface area contributed by atoms with E-state index in [0.717, 1.165) is 11.3 Å². The van der Waals surface area contributed by atoms with Crippen LogP contribution in [0.4, 0.5) is 4.39 Å². The van der Waals surface area contributed by atoms with E-state index in [4.69, 9.17) is 11.6 Å². The molecule has 1 saturated carbocycles. The molecule has 4 heteroatoms. The van der Waals surface area contributed by atoms with Gasteiger partial charge in [-0.2, -0.15) is 11.8 Å². The highest BCUT2D eigenvalue weighted by molar-refractivity contribution is 7.99. The molecule has 18 heavy (non-hydrogen) atoms. The van der Waals surface area contributed by atoms with Crippen molar-refractivity contribution in [2.75, 3.05) is 5.75 Å². The Balaban J connectivity index is 1.93. The van der Waals surface area contributed by atoms with Gasteiger partial charge in [0.2, 0.25) is 0 Å². The normalized spacial score (nSPS) is 23.5. The molecular formula is C14H19ClFNS. The van der Waals surface area contributed by atoms with Gasteiger partial charge < -0.3 is 5.32 Å². The smallest absolute Gasteiger partial charge is 0.142 e. The quantitative estimate of drug-likeness (QED) is 0.869. The van der Waals surface area contributed by atoms with Crippen molar-refractivity contribution in [3.8, 4) is 0 Å². The van der Waals surface area contributed by atoms with Crippen molar-refractivity contribution < 1.29 is 4.39 Å². The van der Waals surface area contributed by atoms with Crippen LogP contribution in [0.2, 0.25) is 5.02 Å². The van der Waals surface area contributed by atoms with Crippen LogP contribution in [0.3, 0.4) is 0 Å². The number of nitrogens with one attached hydrogen (secondary N) is 1. The van der Waals surface area contributed by atoms with E-state index in [9.17, 15) is 4.39 Å². The number of thioether (sulfide) groups is 1. The van der Waals surface area contributed by atoms with Gasteiger partial charge in [0.25, 0.3) is 0 Å². The molecule has 0 heterocycles. The van der Waals surface area contributed by atoms with Gasteiger partial charge in [0, 0.05) is 17.8 Å². The Kier molecular flexibility index (Phi) is 5.34. The molecule has 0 spiro atoms. The molecule has 0 amide bonds. The summed E-state index contributed by atoms with van der Waals surface area (Å²) in [4.78, 5) is 0. The third-order valence-electron chi connectivity index (χ3n) is 3.42. The van der Waals surface area contributed by atoms with Gasteiger partial charge in [0.1, 0.15) is 5.82 Å². The molecular weight excluding hydrogens is 269 g/mol. The molecule has 0 aromatic heterocycles. The predicted octanol–water partition coefficient (Wildman–Crippen LogP) is 4.24. The van der Waals surface area contributed by atoms with Gasteiger partial charge in [0.15, 0.2) is 0 Å². The Morgan fingerprint density at radius 2 is 2.28 bits per heavy atom. The molecule has 1 nitrogen and oxygen atoms in total. The van der Waals surface area contributed by atoms with Gasteiger partial charge in [-0.25, -0.2) is 4.39 Å². The highest BCUT2D eigenvalue weighted by Crippen LogP contribution is 2.30. The zero-order valence-electron chi connectivity index (χ0n) is 10.6. The maximum absolute atomic E-state index is 13.3. The van der Waals surface area contributed by atoms with Crippen LogP contribution in [-0.4, -0.2) is 17.0 Å². The molecule has 2 rings (SSSR count). The van der Waals surface area contributed by atoms with Crippen LogP contribution in [0.15, 0.2) is 18.2 Å². The Morgan fingerprint density at radius 3 is 3.06 bits per heavy atom. The summed E-state index contributed by atoms with van der Waals surface area (Å²) in [5.41, 5.74) is 0.851. The zero-order chi connectivity index (χ0) is 13.0. The van der Waals surface area contributed by atoms with Crippen molar-refractivity contribution in [3.05, 3.63) is 34.6 Å². The number of benzene rings is 1. The molecule has 0 saturated heterocycles. The molecule has 2 unspecified atom stereocenters. The van der Waals surface area contributed by atoms with Crippen LogP contribution in [0.25, 0.3) is 0 Å². The molecule has 1 N–H and O–H groups in total. The first kappa shape index (κ1) is 14.2. The van der Waals surface area contributed by atoms with Gasteiger partial charge in [-0.05, 0) is 30.2 Å². The molecule has 1 aliphatic carbocycles. The van der Waals surface area contributed by atoms with E-state index in [1.165, 1.54) is 25.3 Å². The lowest BCUT2D eigenvalue weighted by molar-refractivity contribution is 0.530. The van der Waals surface area contributed by atoms with Crippen LogP contribution in [0.1, 0.15) is 31.7 Å². The Morgan fingerprint density at radius 1 is 1.44 bits per heavy atom. The van der Waals surface area contributed by atoms with Crippen LogP contribution >= 0.6 is 23.4 Å². The Labute approximate surface area is 117 Å². The third-order valence-corrected chi connectivity index (χ3v) is 5.17. The maximum atomic E-state index is 13.3. The van der Waals surface area contributed by atoms with Crippen molar-refractivity contribution in [1.29, 1.82) is 0 Å². The van der Waals surface area contributed by atoms with E-state index in [-0.39, 0.29) is 10.8 Å². The first-order chi connectivity index (χ1) is 8.72. The molecule has 1 fully saturated rings. The summed E-state index contributed by atoms with van der Waals surface area (Å²) in [7, 11) is 0. The second-order valence-corrected chi connectivity index (χ2v) is 6.52. The summed E-state index contributed by atoms with van der Waals surface area (Å²) >= 11 is 7.98. The summed E-state index contributed by atoms with van der Waals surface area (Å²) in [6, 6.07) is 5.53. The summed E-state index contributed by atoms with van der Waals surface area (Å²) < 4.78 is 13.3. The fraction of sp³-hybridized carbons (Fsp3) is 0.571. The zero-order valence-corrected chi connectivity index (χ0v) is 12.2. The third kappa shape index (κ3) is 3.40. The van der Waals surface area contributed by atoms with Crippen molar-refractivity contribution >= 4 is 23.4 Å². The van der Waals surface area contributed by atoms with Crippen LogP contribution in [0.5, 0.6) is 0 Å².